The first-order valence-corrected chi connectivity index (χ1v) is 3.40. The summed E-state index contributed by atoms with van der Waals surface area (Å²) in [6.45, 7) is -0.232. The zero-order valence-electron chi connectivity index (χ0n) is 4.07. The van der Waals surface area contributed by atoms with E-state index in [0.717, 1.165) is 0 Å². The van der Waals surface area contributed by atoms with Crippen LogP contribution >= 0.6 is 7.75 Å². The highest BCUT2D eigenvalue weighted by atomic mass is 31.2. The Hall–Kier alpha value is -0.330. The predicted molar refractivity (Wildman–Crippen MR) is 28.8 cm³/mol. The van der Waals surface area contributed by atoms with Crippen LogP contribution in [0.15, 0.2) is 0 Å². The zero-order valence-corrected chi connectivity index (χ0v) is 4.97. The quantitative estimate of drug-likeness (QED) is 0.402. The van der Waals surface area contributed by atoms with Crippen molar-refractivity contribution in [2.75, 3.05) is 6.61 Å². The van der Waals surface area contributed by atoms with E-state index in [9.17, 15) is 4.57 Å². The summed E-state index contributed by atoms with van der Waals surface area (Å²) in [5, 5.41) is 0. The highest BCUT2D eigenvalue weighted by molar-refractivity contribution is 7.50. The molecule has 4 nitrogen and oxygen atoms in total. The number of terminal acetylenes is 1. The van der Waals surface area contributed by atoms with Crippen molar-refractivity contribution in [3.63, 3.8) is 0 Å². The second-order valence-corrected chi connectivity index (χ2v) is 2.43. The SMILES string of the molecule is C#CCOP(N)(=O)O. The summed E-state index contributed by atoms with van der Waals surface area (Å²) in [6, 6.07) is 0. The largest absolute Gasteiger partial charge is 0.401 e. The van der Waals surface area contributed by atoms with Gasteiger partial charge in [0, 0.05) is 0 Å². The lowest BCUT2D eigenvalue weighted by Crippen LogP contribution is -1.97. The van der Waals surface area contributed by atoms with Crippen LogP contribution in [0, 0.1) is 12.3 Å². The van der Waals surface area contributed by atoms with E-state index in [2.05, 4.69) is 16.5 Å². The average Bonchev–Trinajstić information content (AvgIpc) is 1.59. The molecule has 1 atom stereocenters. The molecule has 0 aliphatic carbocycles. The molecule has 0 heterocycles. The smallest absolute Gasteiger partial charge is 0.313 e. The molecule has 0 amide bonds. The Balaban J connectivity index is 3.45. The second-order valence-electron chi connectivity index (χ2n) is 1.04. The standard InChI is InChI=1S/C3H6NO3P/c1-2-3-7-8(4,5)6/h1H,3H2,(H3,4,5,6). The van der Waals surface area contributed by atoms with E-state index in [-0.39, 0.29) is 6.61 Å². The van der Waals surface area contributed by atoms with Crippen LogP contribution in [0.25, 0.3) is 0 Å². The fraction of sp³-hybridized carbons (Fsp3) is 0.333. The van der Waals surface area contributed by atoms with Crippen molar-refractivity contribution in [1.29, 1.82) is 0 Å². The highest BCUT2D eigenvalue weighted by Gasteiger charge is 2.07. The number of nitrogens with two attached hydrogens (primary N) is 1. The first kappa shape index (κ1) is 7.67. The van der Waals surface area contributed by atoms with Crippen LogP contribution in [0.3, 0.4) is 0 Å². The molecule has 3 N–H and O–H groups in total. The summed E-state index contributed by atoms with van der Waals surface area (Å²) >= 11 is 0. The number of hydrogen-bond acceptors (Lipinski definition) is 2. The molecule has 0 fully saturated rings. The summed E-state index contributed by atoms with van der Waals surface area (Å²) in [5.74, 6) is 1.99. The topological polar surface area (TPSA) is 72.5 Å². The Morgan fingerprint density at radius 2 is 2.50 bits per heavy atom. The fourth-order valence-corrected chi connectivity index (χ4v) is 0.389. The molecule has 46 valence electrons. The van der Waals surface area contributed by atoms with Crippen molar-refractivity contribution in [3.8, 4) is 12.3 Å². The molecule has 0 aromatic rings. The van der Waals surface area contributed by atoms with Crippen LogP contribution in [-0.4, -0.2) is 11.5 Å². The van der Waals surface area contributed by atoms with Gasteiger partial charge in [0.1, 0.15) is 6.61 Å². The second kappa shape index (κ2) is 2.85. The minimum atomic E-state index is -3.82. The molecular formula is C3H6NO3P. The first-order chi connectivity index (χ1) is 3.56. The lowest BCUT2D eigenvalue weighted by molar-refractivity contribution is 0.292. The van der Waals surface area contributed by atoms with Gasteiger partial charge in [0.05, 0.1) is 0 Å². The van der Waals surface area contributed by atoms with Gasteiger partial charge in [0.2, 0.25) is 0 Å². The summed E-state index contributed by atoms with van der Waals surface area (Å²) in [5.41, 5.74) is 4.51. The average molecular weight is 135 g/mol. The van der Waals surface area contributed by atoms with Crippen molar-refractivity contribution in [3.05, 3.63) is 0 Å². The molecule has 0 rings (SSSR count). The molecule has 8 heavy (non-hydrogen) atoms. The lowest BCUT2D eigenvalue weighted by Gasteiger charge is -1.99. The molecule has 0 aromatic heterocycles. The van der Waals surface area contributed by atoms with Gasteiger partial charge in [-0.2, -0.15) is 0 Å². The van der Waals surface area contributed by atoms with E-state index in [0.29, 0.717) is 0 Å². The third-order valence-corrected chi connectivity index (χ3v) is 0.832. The van der Waals surface area contributed by atoms with Gasteiger partial charge in [0.25, 0.3) is 0 Å². The van der Waals surface area contributed by atoms with Crippen molar-refractivity contribution in [1.82, 2.24) is 0 Å². The Morgan fingerprint density at radius 3 is 2.62 bits per heavy atom. The van der Waals surface area contributed by atoms with Crippen LogP contribution < -0.4 is 5.50 Å². The minimum Gasteiger partial charge on any atom is -0.313 e. The van der Waals surface area contributed by atoms with Crippen LogP contribution in [-0.2, 0) is 9.09 Å². The highest BCUT2D eigenvalue weighted by Crippen LogP contribution is 2.29. The monoisotopic (exact) mass is 135 g/mol. The van der Waals surface area contributed by atoms with E-state index < -0.39 is 7.75 Å². The summed E-state index contributed by atoms with van der Waals surface area (Å²) in [4.78, 5) is 8.16. The van der Waals surface area contributed by atoms with E-state index in [1.54, 1.807) is 0 Å². The maximum Gasteiger partial charge on any atom is 0.401 e. The molecular weight excluding hydrogens is 129 g/mol. The number of rotatable bonds is 2. The molecule has 0 aromatic carbocycles. The maximum atomic E-state index is 9.99. The Bertz CT molecular complexity index is 143. The molecule has 0 aliphatic heterocycles. The van der Waals surface area contributed by atoms with E-state index in [4.69, 9.17) is 4.89 Å². The number of hydrogen-bond donors (Lipinski definition) is 2. The van der Waals surface area contributed by atoms with Crippen LogP contribution in [0.4, 0.5) is 0 Å². The van der Waals surface area contributed by atoms with Gasteiger partial charge in [-0.05, 0) is 0 Å². The van der Waals surface area contributed by atoms with Crippen molar-refractivity contribution in [2.24, 2.45) is 5.50 Å². The van der Waals surface area contributed by atoms with E-state index >= 15 is 0 Å². The molecule has 0 saturated carbocycles. The van der Waals surface area contributed by atoms with Gasteiger partial charge in [-0.25, -0.2) is 10.1 Å². The van der Waals surface area contributed by atoms with Gasteiger partial charge in [0.15, 0.2) is 0 Å². The molecule has 0 spiro atoms. The molecule has 0 radical (unpaired) electrons. The van der Waals surface area contributed by atoms with Gasteiger partial charge < -0.3 is 4.89 Å². The normalized spacial score (nSPS) is 16.6. The van der Waals surface area contributed by atoms with E-state index in [1.807, 2.05) is 5.92 Å². The van der Waals surface area contributed by atoms with Gasteiger partial charge in [-0.1, -0.05) is 5.92 Å². The summed E-state index contributed by atoms with van der Waals surface area (Å²) in [7, 11) is -3.82. The summed E-state index contributed by atoms with van der Waals surface area (Å²) < 4.78 is 14.0. The van der Waals surface area contributed by atoms with Crippen molar-refractivity contribution in [2.45, 2.75) is 0 Å². The first-order valence-electron chi connectivity index (χ1n) is 1.75. The zero-order chi connectivity index (χ0) is 6.62. The molecule has 0 aliphatic rings. The fourth-order valence-electron chi connectivity index (χ4n) is 0.130. The third kappa shape index (κ3) is 5.67. The Labute approximate surface area is 47.2 Å². The van der Waals surface area contributed by atoms with Crippen LogP contribution in [0.1, 0.15) is 0 Å². The predicted octanol–water partition coefficient (Wildman–Crippen LogP) is -0.305. The maximum absolute atomic E-state index is 9.99. The minimum absolute atomic E-state index is 0.232. The van der Waals surface area contributed by atoms with Gasteiger partial charge in [-0.3, -0.25) is 4.52 Å². The Kier molecular flexibility index (Phi) is 2.74. The van der Waals surface area contributed by atoms with Crippen molar-refractivity contribution >= 4 is 7.75 Å². The molecule has 1 unspecified atom stereocenters. The third-order valence-electron chi connectivity index (χ3n) is 0.333. The molecule has 0 bridgehead atoms. The molecule has 0 saturated heterocycles. The van der Waals surface area contributed by atoms with E-state index in [1.165, 1.54) is 0 Å². The summed E-state index contributed by atoms with van der Waals surface area (Å²) in [6.07, 6.45) is 4.67. The molecule has 5 heteroatoms. The van der Waals surface area contributed by atoms with Gasteiger partial charge >= 0.3 is 7.75 Å². The van der Waals surface area contributed by atoms with Crippen LogP contribution in [0.2, 0.25) is 0 Å². The van der Waals surface area contributed by atoms with Crippen LogP contribution in [0.5, 0.6) is 0 Å². The van der Waals surface area contributed by atoms with Crippen molar-refractivity contribution < 1.29 is 14.0 Å². The van der Waals surface area contributed by atoms with Gasteiger partial charge in [-0.15, -0.1) is 6.42 Å². The lowest BCUT2D eigenvalue weighted by atomic mass is 10.8. The Morgan fingerprint density at radius 1 is 2.00 bits per heavy atom.